The summed E-state index contributed by atoms with van der Waals surface area (Å²) < 4.78 is 6.03. The highest BCUT2D eigenvalue weighted by molar-refractivity contribution is 7.20. The summed E-state index contributed by atoms with van der Waals surface area (Å²) in [6.45, 7) is 12.2. The quantitative estimate of drug-likeness (QED) is 0.413. The molecule has 0 aliphatic heterocycles. The van der Waals surface area contributed by atoms with Gasteiger partial charge in [0.1, 0.15) is 0 Å². The van der Waals surface area contributed by atoms with E-state index >= 15 is 0 Å². The van der Waals surface area contributed by atoms with Gasteiger partial charge in [-0.2, -0.15) is 0 Å². The van der Waals surface area contributed by atoms with Gasteiger partial charge in [0.2, 0.25) is 0 Å². The number of terminal acetylenes is 1. The van der Waals surface area contributed by atoms with Crippen LogP contribution in [-0.2, 0) is 4.65 Å². The van der Waals surface area contributed by atoms with Gasteiger partial charge < -0.3 is 4.65 Å². The fourth-order valence-electron chi connectivity index (χ4n) is 0.980. The van der Waals surface area contributed by atoms with E-state index in [0.717, 1.165) is 5.47 Å². The number of hydrogen-bond donors (Lipinski definition) is 0. The predicted molar refractivity (Wildman–Crippen MR) is 77.3 cm³/mol. The molecule has 0 spiro atoms. The Bertz CT molecular complexity index is 318. The van der Waals surface area contributed by atoms with E-state index in [9.17, 15) is 0 Å². The summed E-state index contributed by atoms with van der Waals surface area (Å²) in [5.41, 5.74) is 0.719. The molecule has 3 heteroatoms. The third-order valence-electron chi connectivity index (χ3n) is 3.17. The largest absolute Gasteiger partial charge is 0.415 e. The summed E-state index contributed by atoms with van der Waals surface area (Å²) in [6, 6.07) is 0. The third kappa shape index (κ3) is 3.82. The van der Waals surface area contributed by atoms with Gasteiger partial charge in [0.25, 0.3) is 0 Å². The van der Waals surface area contributed by atoms with Crippen molar-refractivity contribution in [2.45, 2.75) is 47.1 Å². The van der Waals surface area contributed by atoms with E-state index in [1.54, 1.807) is 0 Å². The summed E-state index contributed by atoms with van der Waals surface area (Å²) in [4.78, 5) is 0. The Morgan fingerprint density at radius 1 is 1.31 bits per heavy atom. The lowest BCUT2D eigenvalue weighted by Crippen LogP contribution is -2.44. The zero-order chi connectivity index (χ0) is 13.0. The maximum absolute atomic E-state index is 6.03. The minimum atomic E-state index is -0.309. The lowest BCUT2D eigenvalue weighted by atomic mass is 9.60. The van der Waals surface area contributed by atoms with Gasteiger partial charge in [-0.25, -0.2) is 0 Å². The summed E-state index contributed by atoms with van der Waals surface area (Å²) in [7, 11) is 3.36. The molecule has 0 amide bonds. The van der Waals surface area contributed by atoms with Crippen molar-refractivity contribution in [2.24, 2.45) is 5.41 Å². The first-order chi connectivity index (χ1) is 7.19. The van der Waals surface area contributed by atoms with Crippen LogP contribution in [0, 0.1) is 17.7 Å². The fourth-order valence-corrected chi connectivity index (χ4v) is 1.30. The van der Waals surface area contributed by atoms with Crippen molar-refractivity contribution in [1.29, 1.82) is 0 Å². The van der Waals surface area contributed by atoms with Crippen LogP contribution in [0.3, 0.4) is 0 Å². The maximum atomic E-state index is 6.03. The van der Waals surface area contributed by atoms with Gasteiger partial charge in [0, 0.05) is 0 Å². The molecule has 0 atom stereocenters. The Morgan fingerprint density at radius 2 is 1.81 bits per heavy atom. The molecule has 0 rings (SSSR count). The first-order valence-electron chi connectivity index (χ1n) is 5.50. The van der Waals surface area contributed by atoms with E-state index < -0.39 is 0 Å². The van der Waals surface area contributed by atoms with Crippen LogP contribution in [0.5, 0.6) is 0 Å². The lowest BCUT2D eigenvalue weighted by Gasteiger charge is -2.40. The molecule has 0 saturated carbocycles. The van der Waals surface area contributed by atoms with E-state index in [-0.39, 0.29) is 17.9 Å². The van der Waals surface area contributed by atoms with Crippen molar-refractivity contribution in [3.05, 3.63) is 11.5 Å². The molecule has 88 valence electrons. The van der Waals surface area contributed by atoms with Crippen molar-refractivity contribution >= 4 is 21.6 Å². The van der Waals surface area contributed by atoms with E-state index in [0.29, 0.717) is 0 Å². The molecule has 0 bridgehead atoms. The second-order valence-corrected chi connectivity index (χ2v) is 5.65. The molecule has 0 heterocycles. The normalized spacial score (nSPS) is 13.2. The highest BCUT2D eigenvalue weighted by atomic mass is 31.0. The second-order valence-electron chi connectivity index (χ2n) is 5.36. The van der Waals surface area contributed by atoms with Gasteiger partial charge >= 0.3 is 6.92 Å². The molecule has 16 heavy (non-hydrogen) atoms. The summed E-state index contributed by atoms with van der Waals surface area (Å²) >= 11 is 0. The molecule has 0 aromatic heterocycles. The smallest absolute Gasteiger partial charge is 0.415 e. The monoisotopic (exact) mass is 236 g/mol. The van der Waals surface area contributed by atoms with E-state index in [4.69, 9.17) is 11.1 Å². The van der Waals surface area contributed by atoms with E-state index in [2.05, 4.69) is 49.3 Å². The molecular weight excluding hydrogens is 214 g/mol. The zero-order valence-electron chi connectivity index (χ0n) is 11.2. The van der Waals surface area contributed by atoms with Gasteiger partial charge in [-0.15, -0.1) is 21.1 Å². The number of hydrogen-bond acceptors (Lipinski definition) is 1. The molecule has 0 aliphatic carbocycles. The molecular formula is C13H22BOP. The summed E-state index contributed by atoms with van der Waals surface area (Å²) in [5.74, 6) is 4.49. The zero-order valence-corrected chi connectivity index (χ0v) is 12.2. The van der Waals surface area contributed by atoms with Crippen molar-refractivity contribution in [2.75, 3.05) is 0 Å². The Labute approximate surface area is 103 Å². The highest BCUT2D eigenvalue weighted by Crippen LogP contribution is 2.33. The summed E-state index contributed by atoms with van der Waals surface area (Å²) in [5, 5.41) is 0. The van der Waals surface area contributed by atoms with Crippen molar-refractivity contribution < 1.29 is 4.65 Å². The molecule has 0 aromatic carbocycles. The summed E-state index contributed by atoms with van der Waals surface area (Å²) in [6.07, 6.45) is 7.47. The second kappa shape index (κ2) is 5.71. The number of allylic oxidation sites excluding steroid dienone is 2. The van der Waals surface area contributed by atoms with Gasteiger partial charge in [0.05, 0.1) is 5.60 Å². The van der Waals surface area contributed by atoms with Crippen LogP contribution in [0.15, 0.2) is 11.5 Å². The van der Waals surface area contributed by atoms with E-state index in [1.807, 2.05) is 18.8 Å². The predicted octanol–water partition coefficient (Wildman–Crippen LogP) is 3.42. The Kier molecular flexibility index (Phi) is 5.53. The topological polar surface area (TPSA) is 9.23 Å². The van der Waals surface area contributed by atoms with Crippen molar-refractivity contribution in [3.8, 4) is 12.2 Å². The highest BCUT2D eigenvalue weighted by Gasteiger charge is 2.37. The van der Waals surface area contributed by atoms with Crippen LogP contribution < -0.4 is 0 Å². The van der Waals surface area contributed by atoms with Gasteiger partial charge in [-0.05, 0) is 37.5 Å². The minimum absolute atomic E-state index is 0.0344. The van der Waals surface area contributed by atoms with Crippen molar-refractivity contribution in [1.82, 2.24) is 0 Å². The van der Waals surface area contributed by atoms with Gasteiger partial charge in [0.15, 0.2) is 0 Å². The molecule has 1 nitrogen and oxygen atoms in total. The third-order valence-corrected chi connectivity index (χ3v) is 3.51. The fraction of sp³-hybridized carbons (Fsp3) is 0.615. The molecule has 0 aliphatic rings. The van der Waals surface area contributed by atoms with Crippen LogP contribution in [-0.4, -0.2) is 18.3 Å². The standard InChI is InChI=1S/C13H22BOP/c1-8-11(10-16)14(9-2)15-13(6,7)12(3,4)5/h2,8,10,16H,1,3-7H3/b11-8+. The van der Waals surface area contributed by atoms with Gasteiger partial charge in [-0.1, -0.05) is 26.8 Å². The van der Waals surface area contributed by atoms with Gasteiger partial charge in [-0.3, -0.25) is 0 Å². The number of rotatable bonds is 4. The first-order valence-corrected chi connectivity index (χ1v) is 6.08. The molecule has 0 fully saturated rings. The Hall–Kier alpha value is -0.505. The Balaban J connectivity index is 4.96. The Morgan fingerprint density at radius 3 is 2.06 bits per heavy atom. The lowest BCUT2D eigenvalue weighted by molar-refractivity contribution is 0.00134. The van der Waals surface area contributed by atoms with Crippen LogP contribution in [0.4, 0.5) is 0 Å². The average Bonchev–Trinajstić information content (AvgIpc) is 2.16. The first kappa shape index (κ1) is 15.5. The average molecular weight is 236 g/mol. The maximum Gasteiger partial charge on any atom is 0.415 e. The molecule has 0 unspecified atom stereocenters. The van der Waals surface area contributed by atoms with Crippen LogP contribution in [0.2, 0.25) is 0 Å². The molecule has 0 radical (unpaired) electrons. The van der Waals surface area contributed by atoms with E-state index in [1.165, 1.54) is 0 Å². The molecule has 0 N–H and O–H groups in total. The van der Waals surface area contributed by atoms with Crippen molar-refractivity contribution in [3.63, 3.8) is 0 Å². The van der Waals surface area contributed by atoms with Crippen LogP contribution >= 0.6 is 8.86 Å². The van der Waals surface area contributed by atoms with Crippen LogP contribution in [0.1, 0.15) is 41.5 Å². The van der Waals surface area contributed by atoms with Crippen LogP contribution in [0.25, 0.3) is 0 Å². The SMILES string of the molecule is C#CB(OC(C)(C)C(C)(C)C)/C(C=P)=C/C. The molecule has 0 saturated heterocycles. The minimum Gasteiger partial charge on any atom is -0.415 e. The molecule has 0 aromatic rings.